The number of benzene rings is 2. The Labute approximate surface area is 126 Å². The molecule has 3 N–H and O–H groups in total. The molecule has 0 saturated carbocycles. The van der Waals surface area contributed by atoms with Gasteiger partial charge < -0.3 is 11.1 Å². The smallest absolute Gasteiger partial charge is 0.224 e. The SMILES string of the molecule is Cc1ccc(CN)cc1NC(=O)CCCc1ccccc1. The molecule has 0 aromatic heterocycles. The summed E-state index contributed by atoms with van der Waals surface area (Å²) in [4.78, 5) is 12.0. The molecule has 0 fully saturated rings. The van der Waals surface area contributed by atoms with Crippen molar-refractivity contribution in [2.24, 2.45) is 5.73 Å². The van der Waals surface area contributed by atoms with Gasteiger partial charge in [-0.25, -0.2) is 0 Å². The summed E-state index contributed by atoms with van der Waals surface area (Å²) in [6, 6.07) is 16.2. The van der Waals surface area contributed by atoms with Crippen molar-refractivity contribution in [3.63, 3.8) is 0 Å². The largest absolute Gasteiger partial charge is 0.326 e. The normalized spacial score (nSPS) is 10.4. The molecule has 3 nitrogen and oxygen atoms in total. The third-order valence-corrected chi connectivity index (χ3v) is 3.52. The Hall–Kier alpha value is -2.13. The van der Waals surface area contributed by atoms with Crippen LogP contribution in [0.1, 0.15) is 29.5 Å². The summed E-state index contributed by atoms with van der Waals surface area (Å²) in [5.74, 6) is 0.0585. The highest BCUT2D eigenvalue weighted by Crippen LogP contribution is 2.17. The van der Waals surface area contributed by atoms with Gasteiger partial charge in [0.2, 0.25) is 5.91 Å². The number of hydrogen-bond donors (Lipinski definition) is 2. The highest BCUT2D eigenvalue weighted by atomic mass is 16.1. The third kappa shape index (κ3) is 4.72. The Bertz CT molecular complexity index is 593. The molecular formula is C18H22N2O. The van der Waals surface area contributed by atoms with Crippen LogP contribution in [-0.2, 0) is 17.8 Å². The van der Waals surface area contributed by atoms with Gasteiger partial charge in [-0.1, -0.05) is 42.5 Å². The third-order valence-electron chi connectivity index (χ3n) is 3.52. The van der Waals surface area contributed by atoms with E-state index in [9.17, 15) is 4.79 Å². The van der Waals surface area contributed by atoms with E-state index in [0.29, 0.717) is 13.0 Å². The topological polar surface area (TPSA) is 55.1 Å². The highest BCUT2D eigenvalue weighted by Gasteiger charge is 2.05. The molecule has 0 spiro atoms. The van der Waals surface area contributed by atoms with Crippen LogP contribution < -0.4 is 11.1 Å². The van der Waals surface area contributed by atoms with Gasteiger partial charge in [0.25, 0.3) is 0 Å². The van der Waals surface area contributed by atoms with Crippen LogP contribution in [0.4, 0.5) is 5.69 Å². The van der Waals surface area contributed by atoms with Crippen molar-refractivity contribution in [2.75, 3.05) is 5.32 Å². The van der Waals surface area contributed by atoms with E-state index in [2.05, 4.69) is 17.4 Å². The van der Waals surface area contributed by atoms with E-state index < -0.39 is 0 Å². The van der Waals surface area contributed by atoms with Crippen LogP contribution in [0.2, 0.25) is 0 Å². The minimum atomic E-state index is 0.0585. The van der Waals surface area contributed by atoms with Crippen LogP contribution in [0.3, 0.4) is 0 Å². The van der Waals surface area contributed by atoms with Crippen LogP contribution in [0.15, 0.2) is 48.5 Å². The number of anilines is 1. The zero-order chi connectivity index (χ0) is 15.1. The van der Waals surface area contributed by atoms with Crippen molar-refractivity contribution in [3.05, 3.63) is 65.2 Å². The van der Waals surface area contributed by atoms with Crippen molar-refractivity contribution in [1.82, 2.24) is 0 Å². The Kier molecular flexibility index (Phi) is 5.52. The van der Waals surface area contributed by atoms with E-state index in [1.807, 2.05) is 43.3 Å². The Morgan fingerprint density at radius 3 is 2.57 bits per heavy atom. The van der Waals surface area contributed by atoms with Gasteiger partial charge in [-0.05, 0) is 42.5 Å². The number of nitrogens with two attached hydrogens (primary N) is 1. The maximum Gasteiger partial charge on any atom is 0.224 e. The predicted molar refractivity (Wildman–Crippen MR) is 87.1 cm³/mol. The van der Waals surface area contributed by atoms with E-state index in [1.54, 1.807) is 0 Å². The lowest BCUT2D eigenvalue weighted by atomic mass is 10.1. The average molecular weight is 282 g/mol. The molecule has 0 heterocycles. The molecule has 0 aliphatic heterocycles. The Morgan fingerprint density at radius 1 is 1.10 bits per heavy atom. The number of amides is 1. The van der Waals surface area contributed by atoms with Gasteiger partial charge in [0.05, 0.1) is 0 Å². The number of hydrogen-bond acceptors (Lipinski definition) is 2. The molecule has 110 valence electrons. The molecule has 1 amide bonds. The number of nitrogens with one attached hydrogen (secondary N) is 1. The van der Waals surface area contributed by atoms with Gasteiger partial charge in [-0.2, -0.15) is 0 Å². The van der Waals surface area contributed by atoms with Crippen LogP contribution in [0, 0.1) is 6.92 Å². The minimum absolute atomic E-state index is 0.0585. The van der Waals surface area contributed by atoms with Crippen LogP contribution in [0.25, 0.3) is 0 Å². The maximum atomic E-state index is 12.0. The fourth-order valence-corrected chi connectivity index (χ4v) is 2.24. The fraction of sp³-hybridized carbons (Fsp3) is 0.278. The van der Waals surface area contributed by atoms with Crippen LogP contribution in [0.5, 0.6) is 0 Å². The Balaban J connectivity index is 1.84. The summed E-state index contributed by atoms with van der Waals surface area (Å²) in [7, 11) is 0. The molecule has 0 unspecified atom stereocenters. The second-order valence-electron chi connectivity index (χ2n) is 5.24. The number of aryl methyl sites for hydroxylation is 2. The summed E-state index contributed by atoms with van der Waals surface area (Å²) >= 11 is 0. The zero-order valence-corrected chi connectivity index (χ0v) is 12.4. The van der Waals surface area contributed by atoms with Crippen molar-refractivity contribution in [1.29, 1.82) is 0 Å². The lowest BCUT2D eigenvalue weighted by Gasteiger charge is -2.10. The first kappa shape index (κ1) is 15.3. The van der Waals surface area contributed by atoms with Crippen molar-refractivity contribution in [3.8, 4) is 0 Å². The molecule has 21 heavy (non-hydrogen) atoms. The predicted octanol–water partition coefficient (Wildman–Crippen LogP) is 3.42. The van der Waals surface area contributed by atoms with E-state index in [4.69, 9.17) is 5.73 Å². The second kappa shape index (κ2) is 7.60. The molecule has 0 bridgehead atoms. The number of rotatable bonds is 6. The van der Waals surface area contributed by atoms with Gasteiger partial charge >= 0.3 is 0 Å². The molecule has 2 rings (SSSR count). The average Bonchev–Trinajstić information content (AvgIpc) is 2.50. The molecule has 0 aliphatic carbocycles. The monoisotopic (exact) mass is 282 g/mol. The highest BCUT2D eigenvalue weighted by molar-refractivity contribution is 5.91. The van der Waals surface area contributed by atoms with Crippen molar-refractivity contribution < 1.29 is 4.79 Å². The standard InChI is InChI=1S/C18H22N2O/c1-14-10-11-16(13-19)12-17(14)20-18(21)9-5-8-15-6-3-2-4-7-15/h2-4,6-7,10-12H,5,8-9,13,19H2,1H3,(H,20,21). The molecule has 3 heteroatoms. The van der Waals surface area contributed by atoms with Crippen LogP contribution in [-0.4, -0.2) is 5.91 Å². The molecule has 2 aromatic carbocycles. The first-order valence-corrected chi connectivity index (χ1v) is 7.32. The quantitative estimate of drug-likeness (QED) is 0.853. The molecular weight excluding hydrogens is 260 g/mol. The van der Waals surface area contributed by atoms with E-state index in [0.717, 1.165) is 29.7 Å². The van der Waals surface area contributed by atoms with Gasteiger partial charge in [-0.15, -0.1) is 0 Å². The molecule has 0 radical (unpaired) electrons. The molecule has 0 atom stereocenters. The number of carbonyl (C=O) groups excluding carboxylic acids is 1. The van der Waals surface area contributed by atoms with Crippen molar-refractivity contribution in [2.45, 2.75) is 32.7 Å². The van der Waals surface area contributed by atoms with Gasteiger partial charge in [0.15, 0.2) is 0 Å². The van der Waals surface area contributed by atoms with Gasteiger partial charge in [0.1, 0.15) is 0 Å². The minimum Gasteiger partial charge on any atom is -0.326 e. The summed E-state index contributed by atoms with van der Waals surface area (Å²) in [5.41, 5.74) is 9.85. The lowest BCUT2D eigenvalue weighted by Crippen LogP contribution is -2.13. The summed E-state index contributed by atoms with van der Waals surface area (Å²) in [6.07, 6.45) is 2.31. The lowest BCUT2D eigenvalue weighted by molar-refractivity contribution is -0.116. The maximum absolute atomic E-state index is 12.0. The van der Waals surface area contributed by atoms with Gasteiger partial charge in [0, 0.05) is 18.7 Å². The molecule has 0 saturated heterocycles. The zero-order valence-electron chi connectivity index (χ0n) is 12.4. The first-order valence-electron chi connectivity index (χ1n) is 7.32. The van der Waals surface area contributed by atoms with E-state index >= 15 is 0 Å². The van der Waals surface area contributed by atoms with Crippen molar-refractivity contribution >= 4 is 11.6 Å². The van der Waals surface area contributed by atoms with E-state index in [-0.39, 0.29) is 5.91 Å². The summed E-state index contributed by atoms with van der Waals surface area (Å²) < 4.78 is 0. The first-order chi connectivity index (χ1) is 10.2. The summed E-state index contributed by atoms with van der Waals surface area (Å²) in [6.45, 7) is 2.47. The molecule has 0 aliphatic rings. The van der Waals surface area contributed by atoms with Gasteiger partial charge in [-0.3, -0.25) is 4.79 Å². The number of carbonyl (C=O) groups is 1. The summed E-state index contributed by atoms with van der Waals surface area (Å²) in [5, 5.41) is 2.98. The second-order valence-corrected chi connectivity index (χ2v) is 5.24. The fourth-order valence-electron chi connectivity index (χ4n) is 2.24. The van der Waals surface area contributed by atoms with E-state index in [1.165, 1.54) is 5.56 Å². The molecule has 2 aromatic rings. The van der Waals surface area contributed by atoms with Crippen LogP contribution >= 0.6 is 0 Å². The Morgan fingerprint density at radius 2 is 1.86 bits per heavy atom.